The average molecular weight is 385 g/mol. The molecule has 1 aliphatic heterocycles. The van der Waals surface area contributed by atoms with E-state index < -0.39 is 11.6 Å². The van der Waals surface area contributed by atoms with Crippen molar-refractivity contribution in [1.29, 1.82) is 0 Å². The van der Waals surface area contributed by atoms with Gasteiger partial charge in [-0.25, -0.2) is 13.8 Å². The number of nitrogens with zero attached hydrogens (tertiary/aromatic N) is 4. The molecule has 114 valence electrons. The van der Waals surface area contributed by atoms with Gasteiger partial charge in [-0.05, 0) is 22.0 Å². The highest BCUT2D eigenvalue weighted by atomic mass is 79.9. The minimum atomic E-state index is -0.601. The van der Waals surface area contributed by atoms with Crippen molar-refractivity contribution in [3.05, 3.63) is 40.6 Å². The van der Waals surface area contributed by atoms with E-state index in [1.165, 1.54) is 17.4 Å². The maximum absolute atomic E-state index is 13.7. The summed E-state index contributed by atoms with van der Waals surface area (Å²) in [6.07, 6.45) is 3.71. The SMILES string of the molecule is Fc1cc(F)c2nc(N3CC(Cn4cc(Br)cn4)C3)sc2c1. The fourth-order valence-corrected chi connectivity index (χ4v) is 3.98. The van der Waals surface area contributed by atoms with Crippen molar-refractivity contribution in [3.63, 3.8) is 0 Å². The van der Waals surface area contributed by atoms with E-state index in [0.29, 0.717) is 10.6 Å². The van der Waals surface area contributed by atoms with Crippen LogP contribution >= 0.6 is 27.3 Å². The molecule has 0 radical (unpaired) electrons. The summed E-state index contributed by atoms with van der Waals surface area (Å²) in [5.41, 5.74) is 0.251. The van der Waals surface area contributed by atoms with Gasteiger partial charge in [0.1, 0.15) is 11.3 Å². The summed E-state index contributed by atoms with van der Waals surface area (Å²) in [5.74, 6) is -0.678. The zero-order valence-corrected chi connectivity index (χ0v) is 13.7. The molecule has 1 fully saturated rings. The zero-order valence-electron chi connectivity index (χ0n) is 11.3. The van der Waals surface area contributed by atoms with Crippen molar-refractivity contribution in [2.45, 2.75) is 6.54 Å². The lowest BCUT2D eigenvalue weighted by Gasteiger charge is -2.39. The largest absolute Gasteiger partial charge is 0.347 e. The first kappa shape index (κ1) is 14.1. The molecule has 0 unspecified atom stereocenters. The lowest BCUT2D eigenvalue weighted by Crippen LogP contribution is -2.48. The Kier molecular flexibility index (Phi) is 3.37. The Balaban J connectivity index is 1.47. The molecule has 1 aliphatic rings. The quantitative estimate of drug-likeness (QED) is 0.690. The van der Waals surface area contributed by atoms with Crippen LogP contribution in [0.4, 0.5) is 13.9 Å². The monoisotopic (exact) mass is 384 g/mol. The number of halogens is 3. The number of anilines is 1. The minimum absolute atomic E-state index is 0.251. The first-order valence-corrected chi connectivity index (χ1v) is 8.38. The Morgan fingerprint density at radius 1 is 1.32 bits per heavy atom. The molecule has 8 heteroatoms. The van der Waals surface area contributed by atoms with Gasteiger partial charge in [-0.3, -0.25) is 4.68 Å². The maximum atomic E-state index is 13.7. The van der Waals surface area contributed by atoms with Crippen LogP contribution < -0.4 is 4.90 Å². The Labute approximate surface area is 137 Å². The van der Waals surface area contributed by atoms with E-state index in [-0.39, 0.29) is 5.52 Å². The van der Waals surface area contributed by atoms with Gasteiger partial charge in [-0.2, -0.15) is 5.10 Å². The second kappa shape index (κ2) is 5.27. The summed E-state index contributed by atoms with van der Waals surface area (Å²) in [6, 6.07) is 2.21. The highest BCUT2D eigenvalue weighted by molar-refractivity contribution is 9.10. The number of fused-ring (bicyclic) bond motifs is 1. The number of hydrogen-bond donors (Lipinski definition) is 0. The summed E-state index contributed by atoms with van der Waals surface area (Å²) >= 11 is 4.70. The predicted octanol–water partition coefficient (Wildman–Crippen LogP) is 3.67. The molecule has 0 saturated carbocycles. The van der Waals surface area contributed by atoms with E-state index in [9.17, 15) is 8.78 Å². The van der Waals surface area contributed by atoms with Crippen molar-refractivity contribution < 1.29 is 8.78 Å². The molecule has 2 aromatic heterocycles. The fraction of sp³-hybridized carbons (Fsp3) is 0.286. The zero-order chi connectivity index (χ0) is 15.3. The fourth-order valence-electron chi connectivity index (χ4n) is 2.63. The van der Waals surface area contributed by atoms with Crippen LogP contribution in [0.5, 0.6) is 0 Å². The van der Waals surface area contributed by atoms with E-state index in [1.807, 2.05) is 10.9 Å². The number of aromatic nitrogens is 3. The summed E-state index contributed by atoms with van der Waals surface area (Å²) < 4.78 is 30.3. The number of benzene rings is 1. The van der Waals surface area contributed by atoms with Crippen LogP contribution in [0, 0.1) is 17.6 Å². The highest BCUT2D eigenvalue weighted by Crippen LogP contribution is 2.34. The summed E-state index contributed by atoms with van der Waals surface area (Å²) in [6.45, 7) is 2.54. The van der Waals surface area contributed by atoms with Crippen LogP contribution in [-0.2, 0) is 6.54 Å². The van der Waals surface area contributed by atoms with Gasteiger partial charge in [0.25, 0.3) is 0 Å². The number of rotatable bonds is 3. The summed E-state index contributed by atoms with van der Waals surface area (Å²) in [7, 11) is 0. The Morgan fingerprint density at radius 2 is 2.14 bits per heavy atom. The first-order chi connectivity index (χ1) is 10.6. The summed E-state index contributed by atoms with van der Waals surface area (Å²) in [4.78, 5) is 6.38. The molecule has 1 saturated heterocycles. The molecule has 0 bridgehead atoms. The van der Waals surface area contributed by atoms with Gasteiger partial charge < -0.3 is 4.90 Å². The Morgan fingerprint density at radius 3 is 2.86 bits per heavy atom. The molecule has 0 amide bonds. The van der Waals surface area contributed by atoms with Crippen molar-refractivity contribution in [2.24, 2.45) is 5.92 Å². The lowest BCUT2D eigenvalue weighted by molar-refractivity contribution is 0.342. The first-order valence-electron chi connectivity index (χ1n) is 6.77. The highest BCUT2D eigenvalue weighted by Gasteiger charge is 2.29. The second-order valence-electron chi connectivity index (χ2n) is 5.38. The molecular weight excluding hydrogens is 374 g/mol. The Bertz CT molecular complexity index is 841. The lowest BCUT2D eigenvalue weighted by atomic mass is 10.0. The molecule has 0 atom stereocenters. The van der Waals surface area contributed by atoms with Crippen LogP contribution in [0.25, 0.3) is 10.2 Å². The number of hydrogen-bond acceptors (Lipinski definition) is 4. The molecule has 0 N–H and O–H groups in total. The molecule has 22 heavy (non-hydrogen) atoms. The standard InChI is InChI=1S/C14H11BrF2N4S/c15-9-3-18-21(7-9)6-8-4-20(5-8)14-19-13-11(17)1-10(16)2-12(13)22-14/h1-3,7-8H,4-6H2. The van der Waals surface area contributed by atoms with Gasteiger partial charge in [-0.1, -0.05) is 11.3 Å². The van der Waals surface area contributed by atoms with Crippen LogP contribution in [0.15, 0.2) is 29.0 Å². The van der Waals surface area contributed by atoms with Gasteiger partial charge in [0.05, 0.1) is 15.4 Å². The van der Waals surface area contributed by atoms with E-state index in [4.69, 9.17) is 0 Å². The van der Waals surface area contributed by atoms with Crippen LogP contribution in [0.3, 0.4) is 0 Å². The van der Waals surface area contributed by atoms with Crippen molar-refractivity contribution >= 4 is 42.6 Å². The number of thiazole rings is 1. The minimum Gasteiger partial charge on any atom is -0.347 e. The van der Waals surface area contributed by atoms with Crippen molar-refractivity contribution in [1.82, 2.24) is 14.8 Å². The molecule has 3 aromatic rings. The normalized spacial score (nSPS) is 15.5. The molecule has 3 heterocycles. The van der Waals surface area contributed by atoms with Gasteiger partial charge in [0.15, 0.2) is 10.9 Å². The average Bonchev–Trinajstić information content (AvgIpc) is 2.99. The van der Waals surface area contributed by atoms with E-state index >= 15 is 0 Å². The molecule has 0 aliphatic carbocycles. The van der Waals surface area contributed by atoms with E-state index in [0.717, 1.165) is 35.3 Å². The summed E-state index contributed by atoms with van der Waals surface area (Å²) in [5, 5.41) is 4.99. The van der Waals surface area contributed by atoms with Gasteiger partial charge in [-0.15, -0.1) is 0 Å². The van der Waals surface area contributed by atoms with Gasteiger partial charge in [0.2, 0.25) is 0 Å². The van der Waals surface area contributed by atoms with Crippen LogP contribution in [0.2, 0.25) is 0 Å². The second-order valence-corrected chi connectivity index (χ2v) is 7.31. The molecule has 4 rings (SSSR count). The van der Waals surface area contributed by atoms with E-state index in [2.05, 4.69) is 30.9 Å². The molecule has 0 spiro atoms. The molecular formula is C14H11BrF2N4S. The van der Waals surface area contributed by atoms with Crippen molar-refractivity contribution in [3.8, 4) is 0 Å². The molecule has 4 nitrogen and oxygen atoms in total. The Hall–Kier alpha value is -1.54. The predicted molar refractivity (Wildman–Crippen MR) is 85.2 cm³/mol. The van der Waals surface area contributed by atoms with Crippen LogP contribution in [0.1, 0.15) is 0 Å². The van der Waals surface area contributed by atoms with Gasteiger partial charge >= 0.3 is 0 Å². The third-order valence-electron chi connectivity index (χ3n) is 3.68. The smallest absolute Gasteiger partial charge is 0.186 e. The topological polar surface area (TPSA) is 34.0 Å². The van der Waals surface area contributed by atoms with Gasteiger partial charge in [0, 0.05) is 37.8 Å². The molecule has 1 aromatic carbocycles. The van der Waals surface area contributed by atoms with Crippen molar-refractivity contribution in [2.75, 3.05) is 18.0 Å². The van der Waals surface area contributed by atoms with E-state index in [1.54, 1.807) is 6.20 Å². The third kappa shape index (κ3) is 2.50. The van der Waals surface area contributed by atoms with Crippen LogP contribution in [-0.4, -0.2) is 27.9 Å². The maximum Gasteiger partial charge on any atom is 0.186 e. The third-order valence-corrected chi connectivity index (χ3v) is 5.15.